The molecule has 30 heavy (non-hydrogen) atoms. The molecule has 0 saturated heterocycles. The van der Waals surface area contributed by atoms with E-state index in [2.05, 4.69) is 33.9 Å². The molecule has 1 amide bonds. The molecule has 3 rings (SSSR count). The molecule has 1 heterocycles. The van der Waals surface area contributed by atoms with Crippen molar-refractivity contribution >= 4 is 23.4 Å². The van der Waals surface area contributed by atoms with Crippen LogP contribution < -0.4 is 10.1 Å². The second-order valence-electron chi connectivity index (χ2n) is 7.54. The number of anilines is 1. The number of rotatable bonds is 10. The van der Waals surface area contributed by atoms with Crippen LogP contribution in [0.25, 0.3) is 0 Å². The highest BCUT2D eigenvalue weighted by molar-refractivity contribution is 7.99. The van der Waals surface area contributed by atoms with E-state index in [1.54, 1.807) is 0 Å². The summed E-state index contributed by atoms with van der Waals surface area (Å²) in [7, 11) is 0. The zero-order chi connectivity index (χ0) is 21.3. The Morgan fingerprint density at radius 2 is 1.93 bits per heavy atom. The molecule has 0 bridgehead atoms. The van der Waals surface area contributed by atoms with E-state index in [1.165, 1.54) is 11.8 Å². The number of hydrogen-bond donors (Lipinski definition) is 1. The van der Waals surface area contributed by atoms with E-state index in [4.69, 9.17) is 4.74 Å². The van der Waals surface area contributed by atoms with Crippen LogP contribution in [0.2, 0.25) is 0 Å². The summed E-state index contributed by atoms with van der Waals surface area (Å²) >= 11 is 1.39. The molecule has 6 nitrogen and oxygen atoms in total. The number of amides is 1. The fourth-order valence-electron chi connectivity index (χ4n) is 2.86. The second-order valence-corrected chi connectivity index (χ2v) is 8.48. The lowest BCUT2D eigenvalue weighted by Crippen LogP contribution is -2.15. The van der Waals surface area contributed by atoms with Crippen LogP contribution in [0, 0.1) is 12.8 Å². The first-order valence-corrected chi connectivity index (χ1v) is 11.1. The third-order valence-corrected chi connectivity index (χ3v) is 5.44. The molecule has 0 spiro atoms. The van der Waals surface area contributed by atoms with Crippen molar-refractivity contribution in [2.75, 3.05) is 11.1 Å². The number of nitrogens with zero attached hydrogens (tertiary/aromatic N) is 3. The monoisotopic (exact) mass is 424 g/mol. The number of hydrogen-bond acceptors (Lipinski definition) is 5. The summed E-state index contributed by atoms with van der Waals surface area (Å²) in [5, 5.41) is 12.3. The molecular formula is C23H28N4O2S. The minimum Gasteiger partial charge on any atom is -0.486 e. The second kappa shape index (κ2) is 10.8. The van der Waals surface area contributed by atoms with E-state index in [0.29, 0.717) is 12.5 Å². The minimum atomic E-state index is -0.0638. The lowest BCUT2D eigenvalue weighted by molar-refractivity contribution is -0.113. The topological polar surface area (TPSA) is 69.0 Å². The van der Waals surface area contributed by atoms with Gasteiger partial charge in [-0.05, 0) is 49.1 Å². The zero-order valence-corrected chi connectivity index (χ0v) is 18.5. The average Bonchev–Trinajstić information content (AvgIpc) is 3.11. The van der Waals surface area contributed by atoms with Crippen molar-refractivity contribution in [3.8, 4) is 5.75 Å². The predicted octanol–water partition coefficient (Wildman–Crippen LogP) is 4.94. The Morgan fingerprint density at radius 3 is 2.67 bits per heavy atom. The van der Waals surface area contributed by atoms with Crippen LogP contribution in [0.1, 0.15) is 31.7 Å². The molecule has 2 aromatic carbocycles. The Labute approximate surface area is 182 Å². The number of ether oxygens (including phenoxy) is 1. The predicted molar refractivity (Wildman–Crippen MR) is 121 cm³/mol. The fraction of sp³-hybridized carbons (Fsp3) is 0.348. The van der Waals surface area contributed by atoms with Crippen LogP contribution in [0.3, 0.4) is 0 Å². The average molecular weight is 425 g/mol. The number of aryl methyl sites for hydroxylation is 1. The van der Waals surface area contributed by atoms with Gasteiger partial charge in [-0.15, -0.1) is 10.2 Å². The highest BCUT2D eigenvalue weighted by Gasteiger charge is 2.15. The van der Waals surface area contributed by atoms with Gasteiger partial charge in [0.05, 0.1) is 5.75 Å². The highest BCUT2D eigenvalue weighted by Crippen LogP contribution is 2.21. The third kappa shape index (κ3) is 6.62. The van der Waals surface area contributed by atoms with Gasteiger partial charge in [-0.3, -0.25) is 4.79 Å². The fourth-order valence-corrected chi connectivity index (χ4v) is 3.64. The van der Waals surface area contributed by atoms with E-state index in [1.807, 2.05) is 61.5 Å². The maximum atomic E-state index is 12.4. The SMILES string of the molecule is Cc1cccc(NC(=O)CSc2nnc(COc3ccccc3)n2CCC(C)C)c1. The molecule has 0 aliphatic carbocycles. The van der Waals surface area contributed by atoms with Gasteiger partial charge in [0.25, 0.3) is 0 Å². The number of nitrogens with one attached hydrogen (secondary N) is 1. The van der Waals surface area contributed by atoms with Gasteiger partial charge in [0.1, 0.15) is 12.4 Å². The summed E-state index contributed by atoms with van der Waals surface area (Å²) in [4.78, 5) is 12.4. The maximum absolute atomic E-state index is 12.4. The van der Waals surface area contributed by atoms with Crippen LogP contribution in [0.5, 0.6) is 5.75 Å². The third-order valence-electron chi connectivity index (χ3n) is 4.47. The molecular weight excluding hydrogens is 396 g/mol. The Bertz CT molecular complexity index is 957. The van der Waals surface area contributed by atoms with Gasteiger partial charge in [0.2, 0.25) is 5.91 Å². The Morgan fingerprint density at radius 1 is 1.13 bits per heavy atom. The zero-order valence-electron chi connectivity index (χ0n) is 17.7. The number of thioether (sulfide) groups is 1. The van der Waals surface area contributed by atoms with Crippen molar-refractivity contribution in [1.82, 2.24) is 14.8 Å². The summed E-state index contributed by atoms with van der Waals surface area (Å²) in [6, 6.07) is 17.4. The summed E-state index contributed by atoms with van der Waals surface area (Å²) in [6.07, 6.45) is 0.999. The Balaban J connectivity index is 1.63. The van der Waals surface area contributed by atoms with Crippen LogP contribution in [-0.4, -0.2) is 26.4 Å². The molecule has 0 aliphatic heterocycles. The van der Waals surface area contributed by atoms with E-state index in [-0.39, 0.29) is 11.7 Å². The highest BCUT2D eigenvalue weighted by atomic mass is 32.2. The largest absolute Gasteiger partial charge is 0.486 e. The van der Waals surface area contributed by atoms with Crippen molar-refractivity contribution in [2.24, 2.45) is 5.92 Å². The van der Waals surface area contributed by atoms with Crippen molar-refractivity contribution in [3.63, 3.8) is 0 Å². The molecule has 1 aromatic heterocycles. The number of carbonyl (C=O) groups excluding carboxylic acids is 1. The molecule has 158 valence electrons. The normalized spacial score (nSPS) is 10.9. The van der Waals surface area contributed by atoms with Gasteiger partial charge >= 0.3 is 0 Å². The molecule has 0 atom stereocenters. The first kappa shape index (κ1) is 21.9. The smallest absolute Gasteiger partial charge is 0.234 e. The van der Waals surface area contributed by atoms with Crippen molar-refractivity contribution < 1.29 is 9.53 Å². The van der Waals surface area contributed by atoms with Gasteiger partial charge < -0.3 is 14.6 Å². The summed E-state index contributed by atoms with van der Waals surface area (Å²) in [6.45, 7) is 7.50. The van der Waals surface area contributed by atoms with Gasteiger partial charge in [-0.2, -0.15) is 0 Å². The molecule has 0 radical (unpaired) electrons. The molecule has 0 saturated carbocycles. The molecule has 0 unspecified atom stereocenters. The lowest BCUT2D eigenvalue weighted by atomic mass is 10.1. The van der Waals surface area contributed by atoms with Crippen molar-refractivity contribution in [3.05, 3.63) is 66.0 Å². The molecule has 0 fully saturated rings. The van der Waals surface area contributed by atoms with Gasteiger partial charge in [0.15, 0.2) is 11.0 Å². The molecule has 0 aliphatic rings. The van der Waals surface area contributed by atoms with E-state index < -0.39 is 0 Å². The standard InChI is InChI=1S/C23H28N4O2S/c1-17(2)12-13-27-21(15-29-20-10-5-4-6-11-20)25-26-23(27)30-16-22(28)24-19-9-7-8-18(3)14-19/h4-11,14,17H,12-13,15-16H2,1-3H3,(H,24,28). The quantitative estimate of drug-likeness (QED) is 0.467. The van der Waals surface area contributed by atoms with E-state index in [0.717, 1.165) is 40.9 Å². The summed E-state index contributed by atoms with van der Waals surface area (Å²) in [5.74, 6) is 2.32. The summed E-state index contributed by atoms with van der Waals surface area (Å²) in [5.41, 5.74) is 1.91. The van der Waals surface area contributed by atoms with Crippen LogP contribution in [0.4, 0.5) is 5.69 Å². The first-order chi connectivity index (χ1) is 14.5. The molecule has 3 aromatic rings. The van der Waals surface area contributed by atoms with Gasteiger partial charge in [0, 0.05) is 12.2 Å². The van der Waals surface area contributed by atoms with Gasteiger partial charge in [-0.25, -0.2) is 0 Å². The lowest BCUT2D eigenvalue weighted by Gasteiger charge is -2.12. The first-order valence-electron chi connectivity index (χ1n) is 10.1. The molecule has 1 N–H and O–H groups in total. The number of aromatic nitrogens is 3. The van der Waals surface area contributed by atoms with Crippen LogP contribution in [0.15, 0.2) is 59.8 Å². The van der Waals surface area contributed by atoms with Crippen LogP contribution >= 0.6 is 11.8 Å². The van der Waals surface area contributed by atoms with E-state index >= 15 is 0 Å². The maximum Gasteiger partial charge on any atom is 0.234 e. The number of para-hydroxylation sites is 1. The molecule has 7 heteroatoms. The summed E-state index contributed by atoms with van der Waals surface area (Å²) < 4.78 is 7.92. The van der Waals surface area contributed by atoms with Crippen molar-refractivity contribution in [1.29, 1.82) is 0 Å². The number of benzene rings is 2. The van der Waals surface area contributed by atoms with Crippen molar-refractivity contribution in [2.45, 2.75) is 45.5 Å². The van der Waals surface area contributed by atoms with E-state index in [9.17, 15) is 4.79 Å². The minimum absolute atomic E-state index is 0.0638. The van der Waals surface area contributed by atoms with Crippen LogP contribution in [-0.2, 0) is 17.9 Å². The van der Waals surface area contributed by atoms with Gasteiger partial charge in [-0.1, -0.05) is 55.9 Å². The Kier molecular flexibility index (Phi) is 7.90. The number of carbonyl (C=O) groups is 1. The Hall–Kier alpha value is -2.80.